The van der Waals surface area contributed by atoms with E-state index >= 15 is 0 Å². The average molecular weight is 194 g/mol. The zero-order valence-corrected chi connectivity index (χ0v) is 8.43. The number of carbonyl (C=O) groups excluding carboxylic acids is 1. The molecule has 1 heterocycles. The second-order valence-corrected chi connectivity index (χ2v) is 2.76. The quantitative estimate of drug-likeness (QED) is 0.605. The molecule has 1 radical (unpaired) electrons. The highest BCUT2D eigenvalue weighted by Gasteiger charge is 2.13. The van der Waals surface area contributed by atoms with Gasteiger partial charge in [-0.25, -0.2) is 0 Å². The highest BCUT2D eigenvalue weighted by Crippen LogP contribution is 1.96. The van der Waals surface area contributed by atoms with E-state index in [1.807, 2.05) is 0 Å². The van der Waals surface area contributed by atoms with Gasteiger partial charge >= 0.3 is 16.6 Å². The van der Waals surface area contributed by atoms with Crippen molar-refractivity contribution in [3.63, 3.8) is 0 Å². The standard InChI is InChI=1S/C7H9N3O2.Al.H/c8-6(7(11)12)3-5-4-9-1-2-10-5;;/h1-2,4,6H,3,8H2,(H,11,12);;/q;+1;/p-1. The molecule has 0 aromatic carbocycles. The van der Waals surface area contributed by atoms with Crippen LogP contribution in [-0.4, -0.2) is 38.6 Å². The lowest BCUT2D eigenvalue weighted by Gasteiger charge is -2.08. The maximum atomic E-state index is 10.9. The molecule has 0 amide bonds. The monoisotopic (exact) mass is 194 g/mol. The van der Waals surface area contributed by atoms with Crippen LogP contribution in [0, 0.1) is 0 Å². The molecule has 0 aliphatic carbocycles. The summed E-state index contributed by atoms with van der Waals surface area (Å²) in [6.07, 6.45) is 5.05. The molecule has 1 atom stereocenters. The zero-order chi connectivity index (χ0) is 9.68. The summed E-state index contributed by atoms with van der Waals surface area (Å²) in [6.45, 7) is 0. The lowest BCUT2D eigenvalue weighted by atomic mass is 10.2. The topological polar surface area (TPSA) is 78.1 Å². The van der Waals surface area contributed by atoms with Crippen molar-refractivity contribution in [3.8, 4) is 0 Å². The summed E-state index contributed by atoms with van der Waals surface area (Å²) in [5.74, 6) is -0.427. The van der Waals surface area contributed by atoms with Gasteiger partial charge in [0.05, 0.1) is 5.69 Å². The summed E-state index contributed by atoms with van der Waals surface area (Å²) in [7, 11) is 0. The third kappa shape index (κ3) is 3.11. The van der Waals surface area contributed by atoms with E-state index < -0.39 is 12.0 Å². The molecule has 0 saturated carbocycles. The molecule has 6 heteroatoms. The van der Waals surface area contributed by atoms with Crippen molar-refractivity contribution in [2.45, 2.75) is 12.5 Å². The van der Waals surface area contributed by atoms with E-state index in [-0.39, 0.29) is 0 Å². The maximum Gasteiger partial charge on any atom is 0.496 e. The Morgan fingerprint density at radius 1 is 1.69 bits per heavy atom. The van der Waals surface area contributed by atoms with Crippen LogP contribution in [0.4, 0.5) is 0 Å². The fourth-order valence-corrected chi connectivity index (χ4v) is 1.07. The number of aromatic nitrogens is 2. The van der Waals surface area contributed by atoms with Crippen molar-refractivity contribution in [2.75, 3.05) is 0 Å². The van der Waals surface area contributed by atoms with Crippen molar-refractivity contribution in [1.29, 1.82) is 0 Å². The van der Waals surface area contributed by atoms with Crippen LogP contribution in [0.3, 0.4) is 0 Å². The second-order valence-electron chi connectivity index (χ2n) is 2.47. The van der Waals surface area contributed by atoms with Gasteiger partial charge in [-0.15, -0.1) is 0 Å². The maximum absolute atomic E-state index is 10.9. The molecular weight excluding hydrogens is 185 g/mol. The smallest absolute Gasteiger partial charge is 0.496 e. The molecule has 5 nitrogen and oxygen atoms in total. The number of carbonyl (C=O) groups is 1. The molecule has 2 N–H and O–H groups in total. The first-order valence-corrected chi connectivity index (χ1v) is 4.28. The van der Waals surface area contributed by atoms with Crippen LogP contribution in [0.15, 0.2) is 18.6 Å². The van der Waals surface area contributed by atoms with Crippen molar-refractivity contribution in [3.05, 3.63) is 24.3 Å². The van der Waals surface area contributed by atoms with Gasteiger partial charge in [-0.05, 0) is 0 Å². The van der Waals surface area contributed by atoms with Crippen LogP contribution < -0.4 is 5.73 Å². The van der Waals surface area contributed by atoms with Crippen LogP contribution >= 0.6 is 0 Å². The Bertz CT molecular complexity index is 280. The molecule has 1 aromatic heterocycles. The van der Waals surface area contributed by atoms with Crippen molar-refractivity contribution < 1.29 is 8.58 Å². The fraction of sp³-hybridized carbons (Fsp3) is 0.286. The fourth-order valence-electron chi connectivity index (χ4n) is 0.851. The molecule has 0 fully saturated rings. The van der Waals surface area contributed by atoms with E-state index in [2.05, 4.69) is 13.8 Å². The van der Waals surface area contributed by atoms with Gasteiger partial charge in [0, 0.05) is 25.0 Å². The van der Waals surface area contributed by atoms with E-state index in [4.69, 9.17) is 5.73 Å². The van der Waals surface area contributed by atoms with E-state index in [1.165, 1.54) is 0 Å². The second kappa shape index (κ2) is 4.92. The number of nitrogens with two attached hydrogens (primary N) is 1. The van der Waals surface area contributed by atoms with E-state index in [9.17, 15) is 4.79 Å². The lowest BCUT2D eigenvalue weighted by molar-refractivity contribution is -0.135. The summed E-state index contributed by atoms with van der Waals surface area (Å²) >= 11 is 1.12. The predicted octanol–water partition coefficient (Wildman–Crippen LogP) is -1.29. The number of hydrogen-bond acceptors (Lipinski definition) is 5. The van der Waals surface area contributed by atoms with Crippen molar-refractivity contribution in [2.24, 2.45) is 5.73 Å². The Labute approximate surface area is 84.1 Å². The molecule has 0 saturated heterocycles. The normalized spacial score (nSPS) is 12.1. The first kappa shape index (κ1) is 10.1. The molecule has 1 rings (SSSR count). The minimum absolute atomic E-state index is 0.352. The van der Waals surface area contributed by atoms with Crippen LogP contribution in [-0.2, 0) is 15.0 Å². The Hall–Kier alpha value is -0.958. The largest absolute Gasteiger partial charge is 0.623 e. The molecular formula is C7H9AlN3O2. The van der Waals surface area contributed by atoms with Gasteiger partial charge in [-0.2, -0.15) is 0 Å². The highest BCUT2D eigenvalue weighted by atomic mass is 27.1. The van der Waals surface area contributed by atoms with E-state index in [0.717, 1.165) is 16.6 Å². The van der Waals surface area contributed by atoms with Crippen molar-refractivity contribution in [1.82, 2.24) is 9.97 Å². The first-order chi connectivity index (χ1) is 6.24. The van der Waals surface area contributed by atoms with Gasteiger partial charge in [0.15, 0.2) is 0 Å². The lowest BCUT2D eigenvalue weighted by Crippen LogP contribution is -2.34. The molecule has 1 aromatic rings. The summed E-state index contributed by atoms with van der Waals surface area (Å²) in [5, 5.41) is 0. The molecule has 13 heavy (non-hydrogen) atoms. The third-order valence-corrected chi connectivity index (χ3v) is 1.78. The predicted molar refractivity (Wildman–Crippen MR) is 47.0 cm³/mol. The molecule has 67 valence electrons. The zero-order valence-electron chi connectivity index (χ0n) is 7.01. The van der Waals surface area contributed by atoms with Gasteiger partial charge in [-0.3, -0.25) is 14.8 Å². The molecule has 0 bridgehead atoms. The molecule has 0 aliphatic rings. The number of nitrogens with zero attached hydrogens (tertiary/aromatic N) is 2. The average Bonchev–Trinajstić information content (AvgIpc) is 2.18. The summed E-state index contributed by atoms with van der Waals surface area (Å²) in [5.41, 5.74) is 6.21. The first-order valence-electron chi connectivity index (χ1n) is 3.70. The van der Waals surface area contributed by atoms with Gasteiger partial charge in [0.2, 0.25) is 0 Å². The van der Waals surface area contributed by atoms with Gasteiger partial charge in [0.25, 0.3) is 5.97 Å². The van der Waals surface area contributed by atoms with Crippen molar-refractivity contribution >= 4 is 22.6 Å². The Balaban J connectivity index is 2.55. The van der Waals surface area contributed by atoms with Crippen LogP contribution in [0.25, 0.3) is 0 Å². The third-order valence-electron chi connectivity index (χ3n) is 1.49. The van der Waals surface area contributed by atoms with Crippen LogP contribution in [0.1, 0.15) is 5.69 Å². The van der Waals surface area contributed by atoms with Gasteiger partial charge in [0.1, 0.15) is 6.04 Å². The van der Waals surface area contributed by atoms with Gasteiger partial charge in [-0.1, -0.05) is 0 Å². The molecule has 0 spiro atoms. The van der Waals surface area contributed by atoms with Gasteiger partial charge < -0.3 is 9.52 Å². The summed E-state index contributed by atoms with van der Waals surface area (Å²) in [4.78, 5) is 18.8. The number of rotatable bonds is 3. The van der Waals surface area contributed by atoms with E-state index in [0.29, 0.717) is 12.1 Å². The Kier molecular flexibility index (Phi) is 3.83. The van der Waals surface area contributed by atoms with Crippen LogP contribution in [0.2, 0.25) is 0 Å². The SMILES string of the molecule is NC(Cc1cnccn1)C(=O)[O][AlH]. The Morgan fingerprint density at radius 2 is 2.46 bits per heavy atom. The summed E-state index contributed by atoms with van der Waals surface area (Å²) < 4.78 is 4.50. The molecule has 0 aliphatic heterocycles. The Morgan fingerprint density at radius 3 is 3.00 bits per heavy atom. The van der Waals surface area contributed by atoms with E-state index in [1.54, 1.807) is 18.6 Å². The minimum Gasteiger partial charge on any atom is -0.623 e. The number of hydrogen-bond donors (Lipinski definition) is 1. The summed E-state index contributed by atoms with van der Waals surface area (Å²) in [6, 6.07) is -0.658. The molecule has 1 unspecified atom stereocenters. The highest BCUT2D eigenvalue weighted by molar-refractivity contribution is 6.06. The minimum atomic E-state index is -0.658. The van der Waals surface area contributed by atoms with Crippen LogP contribution in [0.5, 0.6) is 0 Å².